The monoisotopic (exact) mass is 476 g/mol. The number of carbonyl (C=O) groups excluding carboxylic acids is 1. The van der Waals surface area contributed by atoms with E-state index in [0.717, 1.165) is 41.3 Å². The van der Waals surface area contributed by atoms with Gasteiger partial charge in [0.05, 0.1) is 11.6 Å². The Morgan fingerprint density at radius 2 is 1.28 bits per heavy atom. The van der Waals surface area contributed by atoms with E-state index >= 15 is 0 Å². The first kappa shape index (κ1) is 23.7. The molecule has 0 bridgehead atoms. The van der Waals surface area contributed by atoms with Crippen LogP contribution in [0.4, 0.5) is 5.82 Å². The molecule has 1 aliphatic rings. The van der Waals surface area contributed by atoms with Gasteiger partial charge < -0.3 is 9.80 Å². The standard InChI is InChI=1S/C31H32N4O/c1-22-20-24(3)27(21-23(22)2)28-14-15-29(33-32-28)34-16-18-35(19-17-34)31(36)30(25-10-6-4-7-11-25)26-12-8-5-9-13-26/h4-15,20-21,30H,16-19H2,1-3H3. The number of rotatable bonds is 5. The van der Waals surface area contributed by atoms with E-state index in [1.54, 1.807) is 0 Å². The van der Waals surface area contributed by atoms with Gasteiger partial charge >= 0.3 is 0 Å². The Kier molecular flexibility index (Phi) is 6.81. The molecule has 4 aromatic rings. The second-order valence-electron chi connectivity index (χ2n) is 9.59. The van der Waals surface area contributed by atoms with Gasteiger partial charge in [-0.3, -0.25) is 4.79 Å². The number of anilines is 1. The summed E-state index contributed by atoms with van der Waals surface area (Å²) in [6.45, 7) is 9.17. The highest BCUT2D eigenvalue weighted by atomic mass is 16.2. The summed E-state index contributed by atoms with van der Waals surface area (Å²) in [5.41, 5.74) is 7.82. The van der Waals surface area contributed by atoms with Crippen molar-refractivity contribution in [2.45, 2.75) is 26.7 Å². The minimum Gasteiger partial charge on any atom is -0.352 e. The van der Waals surface area contributed by atoms with Crippen LogP contribution in [0, 0.1) is 20.8 Å². The Morgan fingerprint density at radius 3 is 1.83 bits per heavy atom. The minimum atomic E-state index is -0.292. The highest BCUT2D eigenvalue weighted by Gasteiger charge is 2.30. The van der Waals surface area contributed by atoms with Crippen molar-refractivity contribution >= 4 is 11.7 Å². The normalized spacial score (nSPS) is 13.8. The molecule has 0 radical (unpaired) electrons. The van der Waals surface area contributed by atoms with Gasteiger partial charge in [0.25, 0.3) is 0 Å². The van der Waals surface area contributed by atoms with E-state index in [4.69, 9.17) is 0 Å². The van der Waals surface area contributed by atoms with Gasteiger partial charge in [-0.1, -0.05) is 66.7 Å². The van der Waals surface area contributed by atoms with Crippen molar-refractivity contribution in [2.75, 3.05) is 31.1 Å². The molecule has 0 N–H and O–H groups in total. The van der Waals surface area contributed by atoms with E-state index in [1.165, 1.54) is 16.7 Å². The van der Waals surface area contributed by atoms with Crippen molar-refractivity contribution in [1.29, 1.82) is 0 Å². The molecule has 1 amide bonds. The van der Waals surface area contributed by atoms with E-state index in [2.05, 4.69) is 54.1 Å². The lowest BCUT2D eigenvalue weighted by Crippen LogP contribution is -2.50. The van der Waals surface area contributed by atoms with Gasteiger partial charge in [-0.15, -0.1) is 10.2 Å². The van der Waals surface area contributed by atoms with Crippen LogP contribution in [0.5, 0.6) is 0 Å². The summed E-state index contributed by atoms with van der Waals surface area (Å²) in [7, 11) is 0. The summed E-state index contributed by atoms with van der Waals surface area (Å²) >= 11 is 0. The Bertz CT molecular complexity index is 1290. The molecule has 0 saturated carbocycles. The highest BCUT2D eigenvalue weighted by molar-refractivity contribution is 5.87. The molecule has 0 spiro atoms. The summed E-state index contributed by atoms with van der Waals surface area (Å²) in [6.07, 6.45) is 0. The number of amides is 1. The van der Waals surface area contributed by atoms with Gasteiger partial charge in [0.15, 0.2) is 5.82 Å². The van der Waals surface area contributed by atoms with Crippen LogP contribution in [0.15, 0.2) is 84.9 Å². The predicted octanol–water partition coefficient (Wildman–Crippen LogP) is 5.55. The zero-order valence-electron chi connectivity index (χ0n) is 21.2. The zero-order valence-corrected chi connectivity index (χ0v) is 21.2. The quantitative estimate of drug-likeness (QED) is 0.379. The molecule has 3 aromatic carbocycles. The topological polar surface area (TPSA) is 49.3 Å². The molecule has 5 nitrogen and oxygen atoms in total. The average molecular weight is 477 g/mol. The van der Waals surface area contributed by atoms with Crippen LogP contribution < -0.4 is 4.90 Å². The Morgan fingerprint density at radius 1 is 0.694 bits per heavy atom. The molecule has 1 saturated heterocycles. The summed E-state index contributed by atoms with van der Waals surface area (Å²) in [4.78, 5) is 17.9. The molecular weight excluding hydrogens is 444 g/mol. The average Bonchev–Trinajstić information content (AvgIpc) is 2.92. The van der Waals surface area contributed by atoms with Gasteiger partial charge in [-0.25, -0.2) is 0 Å². The molecule has 36 heavy (non-hydrogen) atoms. The molecule has 2 heterocycles. The van der Waals surface area contributed by atoms with Crippen molar-refractivity contribution in [3.05, 3.63) is 113 Å². The molecule has 5 heteroatoms. The fraction of sp³-hybridized carbons (Fsp3) is 0.258. The third-order valence-electron chi connectivity index (χ3n) is 7.20. The lowest BCUT2D eigenvalue weighted by atomic mass is 9.90. The molecule has 0 unspecified atom stereocenters. The largest absolute Gasteiger partial charge is 0.352 e. The number of carbonyl (C=O) groups is 1. The lowest BCUT2D eigenvalue weighted by molar-refractivity contribution is -0.132. The Hall–Kier alpha value is -3.99. The van der Waals surface area contributed by atoms with Gasteiger partial charge in [0, 0.05) is 31.7 Å². The first-order valence-corrected chi connectivity index (χ1v) is 12.6. The van der Waals surface area contributed by atoms with E-state index in [1.807, 2.05) is 71.6 Å². The third kappa shape index (κ3) is 4.87. The maximum absolute atomic E-state index is 13.7. The van der Waals surface area contributed by atoms with Crippen LogP contribution in [-0.4, -0.2) is 47.2 Å². The first-order valence-electron chi connectivity index (χ1n) is 12.6. The first-order chi connectivity index (χ1) is 17.5. The predicted molar refractivity (Wildman–Crippen MR) is 145 cm³/mol. The second kappa shape index (κ2) is 10.3. The lowest BCUT2D eigenvalue weighted by Gasteiger charge is -2.37. The molecule has 1 fully saturated rings. The summed E-state index contributed by atoms with van der Waals surface area (Å²) < 4.78 is 0. The molecular formula is C31H32N4O. The third-order valence-corrected chi connectivity index (χ3v) is 7.20. The number of benzene rings is 3. The van der Waals surface area contributed by atoms with Crippen molar-refractivity contribution in [3.63, 3.8) is 0 Å². The number of hydrogen-bond donors (Lipinski definition) is 0. The van der Waals surface area contributed by atoms with Crippen LogP contribution in [0.2, 0.25) is 0 Å². The van der Waals surface area contributed by atoms with Crippen LogP contribution in [0.1, 0.15) is 33.7 Å². The minimum absolute atomic E-state index is 0.152. The number of aryl methyl sites for hydroxylation is 3. The number of hydrogen-bond acceptors (Lipinski definition) is 4. The van der Waals surface area contributed by atoms with Crippen LogP contribution in [-0.2, 0) is 4.79 Å². The Balaban J connectivity index is 1.29. The fourth-order valence-electron chi connectivity index (χ4n) is 4.98. The maximum atomic E-state index is 13.7. The van der Waals surface area contributed by atoms with Crippen molar-refractivity contribution in [2.24, 2.45) is 0 Å². The fourth-order valence-corrected chi connectivity index (χ4v) is 4.98. The number of piperazine rings is 1. The Labute approximate surface area is 213 Å². The maximum Gasteiger partial charge on any atom is 0.234 e. The van der Waals surface area contributed by atoms with Gasteiger partial charge in [-0.2, -0.15) is 0 Å². The van der Waals surface area contributed by atoms with Crippen LogP contribution >= 0.6 is 0 Å². The summed E-state index contributed by atoms with van der Waals surface area (Å²) in [5.74, 6) is 0.716. The van der Waals surface area contributed by atoms with Crippen molar-refractivity contribution in [3.8, 4) is 11.3 Å². The molecule has 5 rings (SSSR count). The van der Waals surface area contributed by atoms with Gasteiger partial charge in [-0.05, 0) is 66.8 Å². The molecule has 0 aliphatic carbocycles. The van der Waals surface area contributed by atoms with E-state index < -0.39 is 0 Å². The van der Waals surface area contributed by atoms with E-state index in [0.29, 0.717) is 13.1 Å². The smallest absolute Gasteiger partial charge is 0.234 e. The van der Waals surface area contributed by atoms with E-state index in [-0.39, 0.29) is 11.8 Å². The molecule has 1 aromatic heterocycles. The summed E-state index contributed by atoms with van der Waals surface area (Å²) in [5, 5.41) is 9.09. The molecule has 182 valence electrons. The van der Waals surface area contributed by atoms with E-state index in [9.17, 15) is 4.79 Å². The molecule has 1 aliphatic heterocycles. The molecule has 0 atom stereocenters. The summed E-state index contributed by atoms with van der Waals surface area (Å²) in [6, 6.07) is 28.6. The number of aromatic nitrogens is 2. The highest BCUT2D eigenvalue weighted by Crippen LogP contribution is 2.29. The van der Waals surface area contributed by atoms with Crippen LogP contribution in [0.25, 0.3) is 11.3 Å². The number of nitrogens with zero attached hydrogens (tertiary/aromatic N) is 4. The zero-order chi connectivity index (χ0) is 25.1. The SMILES string of the molecule is Cc1cc(C)c(-c2ccc(N3CCN(C(=O)C(c4ccccc4)c4ccccc4)CC3)nn2)cc1C. The van der Waals surface area contributed by atoms with Crippen LogP contribution in [0.3, 0.4) is 0 Å². The van der Waals surface area contributed by atoms with Crippen molar-refractivity contribution < 1.29 is 4.79 Å². The second-order valence-corrected chi connectivity index (χ2v) is 9.59. The van der Waals surface area contributed by atoms with Crippen molar-refractivity contribution in [1.82, 2.24) is 15.1 Å². The van der Waals surface area contributed by atoms with Gasteiger partial charge in [0.1, 0.15) is 0 Å². The van der Waals surface area contributed by atoms with Gasteiger partial charge in [0.2, 0.25) is 5.91 Å².